The monoisotopic (exact) mass is 333 g/mol. The van der Waals surface area contributed by atoms with Gasteiger partial charge in [-0.15, -0.1) is 0 Å². The van der Waals surface area contributed by atoms with E-state index in [-0.39, 0.29) is 11.5 Å². The van der Waals surface area contributed by atoms with Gasteiger partial charge in [0, 0.05) is 18.2 Å². The highest BCUT2D eigenvalue weighted by atomic mass is 16.5. The summed E-state index contributed by atoms with van der Waals surface area (Å²) in [6, 6.07) is 10.5. The maximum atomic E-state index is 9.84. The molecule has 5 nitrogen and oxygen atoms in total. The third-order valence-corrected chi connectivity index (χ3v) is 3.42. The van der Waals surface area contributed by atoms with Crippen molar-refractivity contribution in [2.75, 3.05) is 20.8 Å². The SMILES string of the molecule is CC.COc1cc(OC)c(CNCCc2ccc(O)cc2)cc1O. The number of phenols is 2. The van der Waals surface area contributed by atoms with Crippen LogP contribution in [0.25, 0.3) is 0 Å². The molecule has 2 rings (SSSR count). The van der Waals surface area contributed by atoms with Gasteiger partial charge in [-0.3, -0.25) is 0 Å². The summed E-state index contributed by atoms with van der Waals surface area (Å²) >= 11 is 0. The van der Waals surface area contributed by atoms with Crippen LogP contribution in [0.15, 0.2) is 36.4 Å². The first-order chi connectivity index (χ1) is 11.6. The van der Waals surface area contributed by atoms with Gasteiger partial charge in [-0.2, -0.15) is 0 Å². The van der Waals surface area contributed by atoms with E-state index in [1.807, 2.05) is 26.0 Å². The minimum absolute atomic E-state index is 0.0960. The third kappa shape index (κ3) is 5.66. The van der Waals surface area contributed by atoms with E-state index in [0.717, 1.165) is 24.1 Å². The largest absolute Gasteiger partial charge is 0.508 e. The molecule has 0 saturated carbocycles. The van der Waals surface area contributed by atoms with E-state index in [1.54, 1.807) is 31.4 Å². The molecule has 0 aromatic heterocycles. The highest BCUT2D eigenvalue weighted by molar-refractivity contribution is 5.49. The Kier molecular flexibility index (Phi) is 8.50. The first kappa shape index (κ1) is 19.6. The number of hydrogen-bond donors (Lipinski definition) is 3. The van der Waals surface area contributed by atoms with Crippen LogP contribution in [0.2, 0.25) is 0 Å². The van der Waals surface area contributed by atoms with Gasteiger partial charge < -0.3 is 25.0 Å². The molecule has 0 saturated heterocycles. The van der Waals surface area contributed by atoms with Crippen LogP contribution in [0.1, 0.15) is 25.0 Å². The van der Waals surface area contributed by atoms with E-state index >= 15 is 0 Å². The molecule has 0 aliphatic rings. The molecule has 0 unspecified atom stereocenters. The van der Waals surface area contributed by atoms with Crippen molar-refractivity contribution >= 4 is 0 Å². The van der Waals surface area contributed by atoms with Crippen molar-refractivity contribution in [2.24, 2.45) is 0 Å². The summed E-state index contributed by atoms with van der Waals surface area (Å²) in [4.78, 5) is 0. The summed E-state index contributed by atoms with van der Waals surface area (Å²) in [6.07, 6.45) is 0.852. The lowest BCUT2D eigenvalue weighted by molar-refractivity contribution is 0.361. The molecule has 2 aromatic rings. The van der Waals surface area contributed by atoms with Crippen molar-refractivity contribution in [1.82, 2.24) is 5.32 Å². The molecule has 24 heavy (non-hydrogen) atoms. The Bertz CT molecular complexity index is 612. The predicted octanol–water partition coefficient (Wildman–Crippen LogP) is 3.47. The van der Waals surface area contributed by atoms with Crippen LogP contribution in [0, 0.1) is 0 Å². The topological polar surface area (TPSA) is 71.0 Å². The number of ether oxygens (including phenoxy) is 2. The van der Waals surface area contributed by atoms with Crippen LogP contribution in [0.3, 0.4) is 0 Å². The molecule has 132 valence electrons. The van der Waals surface area contributed by atoms with Crippen LogP contribution in [0.4, 0.5) is 0 Å². The van der Waals surface area contributed by atoms with E-state index in [9.17, 15) is 10.2 Å². The zero-order chi connectivity index (χ0) is 17.9. The maximum absolute atomic E-state index is 9.84. The number of aromatic hydroxyl groups is 2. The van der Waals surface area contributed by atoms with E-state index in [0.29, 0.717) is 18.0 Å². The first-order valence-corrected chi connectivity index (χ1v) is 8.06. The van der Waals surface area contributed by atoms with Crippen molar-refractivity contribution < 1.29 is 19.7 Å². The number of hydrogen-bond acceptors (Lipinski definition) is 5. The molecule has 0 atom stereocenters. The summed E-state index contributed by atoms with van der Waals surface area (Å²) in [5.74, 6) is 1.44. The summed E-state index contributed by atoms with van der Waals surface area (Å²) in [5, 5.41) is 22.4. The van der Waals surface area contributed by atoms with Crippen LogP contribution in [0.5, 0.6) is 23.0 Å². The zero-order valence-electron chi connectivity index (χ0n) is 14.8. The molecular weight excluding hydrogens is 306 g/mol. The van der Waals surface area contributed by atoms with Crippen LogP contribution in [-0.2, 0) is 13.0 Å². The second kappa shape index (κ2) is 10.4. The summed E-state index contributed by atoms with van der Waals surface area (Å²) in [5.41, 5.74) is 2.02. The fourth-order valence-electron chi connectivity index (χ4n) is 2.20. The first-order valence-electron chi connectivity index (χ1n) is 8.06. The molecule has 0 aliphatic carbocycles. The van der Waals surface area contributed by atoms with Crippen molar-refractivity contribution in [3.05, 3.63) is 47.5 Å². The lowest BCUT2D eigenvalue weighted by atomic mass is 10.1. The minimum Gasteiger partial charge on any atom is -0.508 e. The normalized spacial score (nSPS) is 9.83. The average Bonchev–Trinajstić information content (AvgIpc) is 2.62. The van der Waals surface area contributed by atoms with Crippen molar-refractivity contribution in [1.29, 1.82) is 0 Å². The fourth-order valence-corrected chi connectivity index (χ4v) is 2.20. The second-order valence-corrected chi connectivity index (χ2v) is 4.93. The Hall–Kier alpha value is -2.40. The Balaban J connectivity index is 0.00000139. The number of methoxy groups -OCH3 is 2. The Morgan fingerprint density at radius 2 is 1.54 bits per heavy atom. The molecule has 5 heteroatoms. The van der Waals surface area contributed by atoms with Crippen LogP contribution >= 0.6 is 0 Å². The van der Waals surface area contributed by atoms with E-state index in [2.05, 4.69) is 5.32 Å². The van der Waals surface area contributed by atoms with Gasteiger partial charge in [0.15, 0.2) is 11.5 Å². The molecular formula is C19H27NO4. The van der Waals surface area contributed by atoms with Crippen molar-refractivity contribution in [2.45, 2.75) is 26.8 Å². The Morgan fingerprint density at radius 1 is 0.917 bits per heavy atom. The van der Waals surface area contributed by atoms with Gasteiger partial charge in [0.25, 0.3) is 0 Å². The Morgan fingerprint density at radius 3 is 2.12 bits per heavy atom. The molecule has 0 amide bonds. The molecule has 0 radical (unpaired) electrons. The molecule has 0 heterocycles. The smallest absolute Gasteiger partial charge is 0.164 e. The zero-order valence-corrected chi connectivity index (χ0v) is 14.8. The molecule has 0 bridgehead atoms. The summed E-state index contributed by atoms with van der Waals surface area (Å²) in [6.45, 7) is 5.36. The van der Waals surface area contributed by atoms with Gasteiger partial charge in [0.2, 0.25) is 0 Å². The molecule has 0 aliphatic heterocycles. The lowest BCUT2D eigenvalue weighted by Crippen LogP contribution is -2.17. The fraction of sp³-hybridized carbons (Fsp3) is 0.368. The van der Waals surface area contributed by atoms with E-state index in [1.165, 1.54) is 7.11 Å². The Labute approximate surface area is 143 Å². The van der Waals surface area contributed by atoms with Crippen LogP contribution in [-0.4, -0.2) is 31.0 Å². The van der Waals surface area contributed by atoms with Gasteiger partial charge >= 0.3 is 0 Å². The van der Waals surface area contributed by atoms with Crippen LogP contribution < -0.4 is 14.8 Å². The number of phenolic OH excluding ortho intramolecular Hbond substituents is 2. The highest BCUT2D eigenvalue weighted by Crippen LogP contribution is 2.33. The number of benzene rings is 2. The van der Waals surface area contributed by atoms with E-state index in [4.69, 9.17) is 9.47 Å². The number of nitrogens with one attached hydrogen (secondary N) is 1. The number of rotatable bonds is 7. The second-order valence-electron chi connectivity index (χ2n) is 4.93. The van der Waals surface area contributed by atoms with Gasteiger partial charge in [-0.05, 0) is 36.7 Å². The maximum Gasteiger partial charge on any atom is 0.164 e. The quantitative estimate of drug-likeness (QED) is 0.677. The van der Waals surface area contributed by atoms with E-state index < -0.39 is 0 Å². The van der Waals surface area contributed by atoms with Gasteiger partial charge in [0.05, 0.1) is 14.2 Å². The molecule has 2 aromatic carbocycles. The van der Waals surface area contributed by atoms with Crippen molar-refractivity contribution in [3.63, 3.8) is 0 Å². The van der Waals surface area contributed by atoms with Crippen molar-refractivity contribution in [3.8, 4) is 23.0 Å². The molecule has 3 N–H and O–H groups in total. The third-order valence-electron chi connectivity index (χ3n) is 3.42. The lowest BCUT2D eigenvalue weighted by Gasteiger charge is -2.13. The summed E-state index contributed by atoms with van der Waals surface area (Å²) in [7, 11) is 3.09. The van der Waals surface area contributed by atoms with Gasteiger partial charge in [-0.25, -0.2) is 0 Å². The van der Waals surface area contributed by atoms with Gasteiger partial charge in [-0.1, -0.05) is 26.0 Å². The highest BCUT2D eigenvalue weighted by Gasteiger charge is 2.10. The molecule has 0 spiro atoms. The summed E-state index contributed by atoms with van der Waals surface area (Å²) < 4.78 is 10.4. The average molecular weight is 333 g/mol. The standard InChI is InChI=1S/C17H21NO4.C2H6/c1-21-16-10-17(22-2)15(20)9-13(16)11-18-8-7-12-3-5-14(19)6-4-12;1-2/h3-6,9-10,18-20H,7-8,11H2,1-2H3;1-2H3. The predicted molar refractivity (Wildman–Crippen MR) is 96.1 cm³/mol. The minimum atomic E-state index is 0.0960. The van der Waals surface area contributed by atoms with Gasteiger partial charge in [0.1, 0.15) is 11.5 Å². The molecule has 0 fully saturated rings.